The first kappa shape index (κ1) is 34.9. The van der Waals surface area contributed by atoms with E-state index in [1.165, 1.54) is 5.56 Å². The summed E-state index contributed by atoms with van der Waals surface area (Å²) in [4.78, 5) is 40.3. The van der Waals surface area contributed by atoms with Crippen molar-refractivity contribution in [2.45, 2.75) is 58.0 Å². The molecule has 10 heteroatoms. The molecule has 2 atom stereocenters. The molecule has 4 heterocycles. The molecule has 0 fully saturated rings. The van der Waals surface area contributed by atoms with Crippen LogP contribution in [0.25, 0.3) is 11.1 Å². The lowest BCUT2D eigenvalue weighted by Crippen LogP contribution is -2.32. The highest BCUT2D eigenvalue weighted by Gasteiger charge is 2.34. The highest BCUT2D eigenvalue weighted by Crippen LogP contribution is 2.41. The Hall–Kier alpha value is -6.16. The van der Waals surface area contributed by atoms with Gasteiger partial charge in [-0.3, -0.25) is 19.6 Å². The number of carbonyl (C=O) groups excluding carboxylic acids is 2. The molecule has 8 rings (SSSR count). The van der Waals surface area contributed by atoms with Crippen LogP contribution in [0.4, 0.5) is 17.1 Å². The molecule has 0 spiro atoms. The van der Waals surface area contributed by atoms with Gasteiger partial charge in [-0.1, -0.05) is 42.0 Å². The molecular formula is C44H43N5O5. The van der Waals surface area contributed by atoms with Gasteiger partial charge in [-0.15, -0.1) is 0 Å². The average Bonchev–Trinajstić information content (AvgIpc) is 3.76. The maximum absolute atomic E-state index is 13.7. The molecule has 2 N–H and O–H groups in total. The summed E-state index contributed by atoms with van der Waals surface area (Å²) in [5.41, 5.74) is 15.3. The fraction of sp³-hybridized carbons (Fsp3) is 0.273. The van der Waals surface area contributed by atoms with E-state index in [1.807, 2.05) is 68.2 Å². The number of benzene rings is 4. The van der Waals surface area contributed by atoms with Gasteiger partial charge in [-0.25, -0.2) is 0 Å². The second kappa shape index (κ2) is 14.7. The zero-order valence-electron chi connectivity index (χ0n) is 30.7. The average molecular weight is 722 g/mol. The topological polar surface area (TPSA) is 119 Å². The highest BCUT2D eigenvalue weighted by molar-refractivity contribution is 6.06. The van der Waals surface area contributed by atoms with Gasteiger partial charge < -0.3 is 29.7 Å². The molecule has 274 valence electrons. The molecule has 4 aromatic rings. The second-order valence-electron chi connectivity index (χ2n) is 14.2. The van der Waals surface area contributed by atoms with Gasteiger partial charge in [0, 0.05) is 55.5 Å². The smallest absolute Gasteiger partial charge is 0.260 e. The number of nitrogen functional groups attached to an aromatic ring is 1. The van der Waals surface area contributed by atoms with Gasteiger partial charge in [0.1, 0.15) is 5.75 Å². The zero-order chi connectivity index (χ0) is 37.3. The minimum absolute atomic E-state index is 0.0460. The molecule has 4 aromatic carbocycles. The van der Waals surface area contributed by atoms with Crippen molar-refractivity contribution < 1.29 is 23.8 Å². The van der Waals surface area contributed by atoms with Crippen molar-refractivity contribution in [2.24, 2.45) is 9.98 Å². The quantitative estimate of drug-likeness (QED) is 0.123. The normalized spacial score (nSPS) is 18.3. The van der Waals surface area contributed by atoms with Gasteiger partial charge in [-0.05, 0) is 85.2 Å². The molecule has 10 nitrogen and oxygen atoms in total. The van der Waals surface area contributed by atoms with Gasteiger partial charge in [-0.2, -0.15) is 0 Å². The van der Waals surface area contributed by atoms with E-state index in [2.05, 4.69) is 31.2 Å². The number of amides is 2. The third kappa shape index (κ3) is 6.87. The first-order valence-corrected chi connectivity index (χ1v) is 18.5. The lowest BCUT2D eigenvalue weighted by Gasteiger charge is -2.19. The van der Waals surface area contributed by atoms with Gasteiger partial charge in [0.2, 0.25) is 0 Å². The molecule has 0 radical (unpaired) electrons. The van der Waals surface area contributed by atoms with E-state index in [1.54, 1.807) is 29.0 Å². The lowest BCUT2D eigenvalue weighted by molar-refractivity contribution is 0.0809. The lowest BCUT2D eigenvalue weighted by atomic mass is 10.0. The molecule has 0 bridgehead atoms. The minimum atomic E-state index is -0.173. The van der Waals surface area contributed by atoms with E-state index in [-0.39, 0.29) is 23.9 Å². The molecule has 0 saturated carbocycles. The summed E-state index contributed by atoms with van der Waals surface area (Å²) in [5.74, 6) is 1.60. The maximum atomic E-state index is 13.7. The van der Waals surface area contributed by atoms with Gasteiger partial charge in [0.15, 0.2) is 11.5 Å². The number of unbranched alkanes of at least 4 members (excludes halogenated alkanes) is 2. The standard InChI is InChI=1S/C44H43N5O5/c1-27-7-9-29(10-8-27)31-18-34-23-46-38-21-40(28(2)17-36(38)43(50)48(34)25-31)53-15-5-4-6-16-54-42-22-39-37(20-41(42)52-3)44(51)49-26-32(19-35(49)24-47-39)30-11-13-33(45)14-12-30/h7-14,17,20-26,34-35H,4-6,15-16,18-19,45H2,1-3H3/t34-,35-/m0/s1. The van der Waals surface area contributed by atoms with E-state index < -0.39 is 0 Å². The molecule has 0 aromatic heterocycles. The van der Waals surface area contributed by atoms with E-state index in [0.717, 1.165) is 59.3 Å². The Morgan fingerprint density at radius 3 is 1.76 bits per heavy atom. The molecule has 0 saturated heterocycles. The van der Waals surface area contributed by atoms with Gasteiger partial charge in [0.25, 0.3) is 11.8 Å². The Morgan fingerprint density at radius 1 is 0.667 bits per heavy atom. The predicted molar refractivity (Wildman–Crippen MR) is 212 cm³/mol. The van der Waals surface area contributed by atoms with Crippen LogP contribution in [-0.2, 0) is 0 Å². The van der Waals surface area contributed by atoms with Crippen molar-refractivity contribution in [3.63, 3.8) is 0 Å². The minimum Gasteiger partial charge on any atom is -0.493 e. The Morgan fingerprint density at radius 2 is 1.19 bits per heavy atom. The van der Waals surface area contributed by atoms with Crippen LogP contribution in [0, 0.1) is 13.8 Å². The first-order chi connectivity index (χ1) is 26.2. The Labute approximate surface area is 315 Å². The van der Waals surface area contributed by atoms with E-state index >= 15 is 0 Å². The van der Waals surface area contributed by atoms with Crippen LogP contribution < -0.4 is 19.9 Å². The van der Waals surface area contributed by atoms with E-state index in [0.29, 0.717) is 59.3 Å². The number of anilines is 1. The number of methoxy groups -OCH3 is 1. The van der Waals surface area contributed by atoms with E-state index in [9.17, 15) is 9.59 Å². The first-order valence-electron chi connectivity index (χ1n) is 18.5. The van der Waals surface area contributed by atoms with Crippen molar-refractivity contribution in [2.75, 3.05) is 26.1 Å². The Balaban J connectivity index is 0.839. The number of nitrogens with two attached hydrogens (primary N) is 1. The zero-order valence-corrected chi connectivity index (χ0v) is 30.7. The van der Waals surface area contributed by atoms with Gasteiger partial charge in [0.05, 0.1) is 54.9 Å². The molecule has 54 heavy (non-hydrogen) atoms. The maximum Gasteiger partial charge on any atom is 0.260 e. The van der Waals surface area contributed by atoms with Crippen LogP contribution in [0.1, 0.15) is 75.1 Å². The van der Waals surface area contributed by atoms with Crippen molar-refractivity contribution in [3.05, 3.63) is 119 Å². The van der Waals surface area contributed by atoms with Crippen LogP contribution in [0.3, 0.4) is 0 Å². The summed E-state index contributed by atoms with van der Waals surface area (Å²) in [6.07, 6.45) is 11.5. The number of carbonyl (C=O) groups is 2. The molecule has 0 aliphatic carbocycles. The number of hydrogen-bond donors (Lipinski definition) is 1. The van der Waals surface area contributed by atoms with Crippen molar-refractivity contribution in [1.82, 2.24) is 9.80 Å². The number of rotatable bonds is 11. The summed E-state index contributed by atoms with van der Waals surface area (Å²) in [5, 5.41) is 0. The molecule has 4 aliphatic rings. The highest BCUT2D eigenvalue weighted by atomic mass is 16.5. The summed E-state index contributed by atoms with van der Waals surface area (Å²) in [6.45, 7) is 5.04. The molecule has 0 unspecified atom stereocenters. The predicted octanol–water partition coefficient (Wildman–Crippen LogP) is 8.47. The van der Waals surface area contributed by atoms with Crippen molar-refractivity contribution in [1.29, 1.82) is 0 Å². The van der Waals surface area contributed by atoms with Crippen molar-refractivity contribution >= 4 is 52.5 Å². The number of aliphatic imine (C=N–C) groups is 2. The summed E-state index contributed by atoms with van der Waals surface area (Å²) < 4.78 is 18.0. The number of fused-ring (bicyclic) bond motifs is 4. The number of hydrogen-bond acceptors (Lipinski definition) is 8. The van der Waals surface area contributed by atoms with Crippen LogP contribution >= 0.6 is 0 Å². The summed E-state index contributed by atoms with van der Waals surface area (Å²) in [6, 6.07) is 23.1. The fourth-order valence-corrected chi connectivity index (χ4v) is 7.36. The summed E-state index contributed by atoms with van der Waals surface area (Å²) >= 11 is 0. The third-order valence-corrected chi connectivity index (χ3v) is 10.4. The summed E-state index contributed by atoms with van der Waals surface area (Å²) in [7, 11) is 1.57. The Kier molecular flexibility index (Phi) is 9.50. The molecule has 2 amide bonds. The largest absolute Gasteiger partial charge is 0.493 e. The fourth-order valence-electron chi connectivity index (χ4n) is 7.36. The van der Waals surface area contributed by atoms with Crippen molar-refractivity contribution in [3.8, 4) is 17.2 Å². The molecular weight excluding hydrogens is 679 g/mol. The number of aryl methyl sites for hydroxylation is 2. The number of nitrogens with zero attached hydrogens (tertiary/aromatic N) is 4. The van der Waals surface area contributed by atoms with Crippen LogP contribution in [0.2, 0.25) is 0 Å². The Bertz CT molecular complexity index is 2240. The van der Waals surface area contributed by atoms with E-state index in [4.69, 9.17) is 29.9 Å². The SMILES string of the molecule is COc1cc2c(cc1OCCCCCOc1cc3c(cc1C)C(=O)N1C=C(c4ccc(C)cc4)C[C@H]1C=N3)N=C[C@@H]1CC(c3ccc(N)cc3)=CN1C2=O. The second-order valence-corrected chi connectivity index (χ2v) is 14.2. The van der Waals surface area contributed by atoms with Crippen LogP contribution in [0.5, 0.6) is 17.2 Å². The molecule has 4 aliphatic heterocycles. The third-order valence-electron chi connectivity index (χ3n) is 10.4. The van der Waals surface area contributed by atoms with Crippen LogP contribution in [-0.4, -0.2) is 66.5 Å². The monoisotopic (exact) mass is 721 g/mol. The number of ether oxygens (including phenoxy) is 3. The van der Waals surface area contributed by atoms with Crippen LogP contribution in [0.15, 0.2) is 95.2 Å². The van der Waals surface area contributed by atoms with Gasteiger partial charge >= 0.3 is 0 Å².